The lowest BCUT2D eigenvalue weighted by Crippen LogP contribution is -2.24. The third kappa shape index (κ3) is 3.93. The highest BCUT2D eigenvalue weighted by Crippen LogP contribution is 1.94. The van der Waals surface area contributed by atoms with E-state index < -0.39 is 5.97 Å². The minimum atomic E-state index is -1.13. The summed E-state index contributed by atoms with van der Waals surface area (Å²) in [6, 6.07) is -0.337. The van der Waals surface area contributed by atoms with E-state index in [1.54, 1.807) is 0 Å². The Hall–Kier alpha value is -1.01. The molecule has 0 aliphatic carbocycles. The molecule has 1 atom stereocenters. The fraction of sp³-hybridized carbons (Fsp3) is 0.571. The van der Waals surface area contributed by atoms with E-state index in [1.165, 1.54) is 0 Å². The second-order valence-electron chi connectivity index (χ2n) is 2.34. The molecule has 3 nitrogen and oxygen atoms in total. The molecule has 3 N–H and O–H groups in total. The van der Waals surface area contributed by atoms with E-state index in [0.29, 0.717) is 0 Å². The lowest BCUT2D eigenvalue weighted by molar-refractivity contribution is -0.130. The van der Waals surface area contributed by atoms with Crippen molar-refractivity contribution in [2.75, 3.05) is 0 Å². The van der Waals surface area contributed by atoms with Gasteiger partial charge in [-0.25, -0.2) is 4.79 Å². The van der Waals surface area contributed by atoms with Crippen LogP contribution in [-0.4, -0.2) is 17.1 Å². The minimum Gasteiger partial charge on any atom is -0.472 e. The zero-order valence-corrected chi connectivity index (χ0v) is 6.09. The second-order valence-corrected chi connectivity index (χ2v) is 2.34. The molecule has 0 spiro atoms. The third-order valence-corrected chi connectivity index (χ3v) is 1.06. The first kappa shape index (κ1) is 8.99. The molecule has 0 fully saturated rings. The predicted molar refractivity (Wildman–Crippen MR) is 38.2 cm³/mol. The van der Waals surface area contributed by atoms with Crippen molar-refractivity contribution in [1.82, 2.24) is 0 Å². The van der Waals surface area contributed by atoms with E-state index in [0.717, 1.165) is 0 Å². The summed E-state index contributed by atoms with van der Waals surface area (Å²) >= 11 is 0. The lowest BCUT2D eigenvalue weighted by Gasteiger charge is -2.05. The average Bonchev–Trinajstić information content (AvgIpc) is 1.82. The second kappa shape index (κ2) is 3.91. The summed E-state index contributed by atoms with van der Waals surface area (Å²) in [5.41, 5.74) is 5.43. The van der Waals surface area contributed by atoms with Crippen LogP contribution in [0.3, 0.4) is 0 Å². The Bertz CT molecular complexity index is 176. The molecule has 56 valence electrons. The van der Waals surface area contributed by atoms with Gasteiger partial charge >= 0.3 is 5.97 Å². The first-order valence-corrected chi connectivity index (χ1v) is 3.04. The van der Waals surface area contributed by atoms with Gasteiger partial charge in [0.25, 0.3) is 0 Å². The predicted octanol–water partition coefficient (Wildman–Crippen LogP) is 0.0577. The van der Waals surface area contributed by atoms with Crippen molar-refractivity contribution < 1.29 is 9.90 Å². The Morgan fingerprint density at radius 3 is 2.40 bits per heavy atom. The summed E-state index contributed by atoms with van der Waals surface area (Å²) in [5.74, 6) is 3.45. The van der Waals surface area contributed by atoms with Crippen LogP contribution in [-0.2, 0) is 4.79 Å². The summed E-state index contributed by atoms with van der Waals surface area (Å²) in [4.78, 5) is 9.90. The highest BCUT2D eigenvalue weighted by atomic mass is 16.4. The number of hydrogen-bond acceptors (Lipinski definition) is 2. The number of nitrogens with two attached hydrogens (primary N) is 1. The largest absolute Gasteiger partial charge is 0.472 e. The summed E-state index contributed by atoms with van der Waals surface area (Å²) in [6.45, 7) is 3.78. The molecule has 0 aromatic heterocycles. The topological polar surface area (TPSA) is 63.3 Å². The number of carboxylic acids is 1. The molecular formula is C7H11NO2. The normalized spacial score (nSPS) is 12.0. The Kier molecular flexibility index (Phi) is 3.52. The number of hydrogen-bond donors (Lipinski definition) is 2. The van der Waals surface area contributed by atoms with Crippen molar-refractivity contribution >= 4 is 5.97 Å². The molecule has 0 saturated carbocycles. The van der Waals surface area contributed by atoms with Crippen LogP contribution in [0.1, 0.15) is 13.8 Å². The Morgan fingerprint density at radius 1 is 1.60 bits per heavy atom. The molecule has 0 saturated heterocycles. The van der Waals surface area contributed by atoms with Crippen LogP contribution in [0.25, 0.3) is 0 Å². The molecule has 10 heavy (non-hydrogen) atoms. The number of carboxylic acid groups (broad SMARTS) is 1. The van der Waals surface area contributed by atoms with Crippen molar-refractivity contribution in [1.29, 1.82) is 0 Å². The summed E-state index contributed by atoms with van der Waals surface area (Å²) in [5, 5.41) is 8.11. The molecule has 0 rings (SSSR count). The Labute approximate surface area is 60.2 Å². The van der Waals surface area contributed by atoms with Gasteiger partial charge in [0.15, 0.2) is 0 Å². The van der Waals surface area contributed by atoms with E-state index in [9.17, 15) is 4.79 Å². The molecule has 0 aliphatic heterocycles. The maximum absolute atomic E-state index is 9.90. The van der Waals surface area contributed by atoms with Crippen LogP contribution in [0.2, 0.25) is 0 Å². The van der Waals surface area contributed by atoms with Gasteiger partial charge in [-0.2, -0.15) is 0 Å². The molecule has 0 radical (unpaired) electrons. The molecule has 0 aromatic rings. The van der Waals surface area contributed by atoms with Crippen molar-refractivity contribution in [2.45, 2.75) is 19.9 Å². The van der Waals surface area contributed by atoms with Crippen LogP contribution in [0, 0.1) is 17.8 Å². The third-order valence-electron chi connectivity index (χ3n) is 1.06. The van der Waals surface area contributed by atoms with E-state index >= 15 is 0 Å². The standard InChI is InChI=1S/C7H11NO2/c1-5(2)6(8)3-4-7(9)10/h5-6H,8H2,1-2H3,(H,9,10)/t6-/m1/s1. The maximum Gasteiger partial charge on any atom is 0.381 e. The van der Waals surface area contributed by atoms with Gasteiger partial charge in [0.1, 0.15) is 0 Å². The van der Waals surface area contributed by atoms with Gasteiger partial charge in [-0.3, -0.25) is 0 Å². The molecule has 3 heteroatoms. The fourth-order valence-corrected chi connectivity index (χ4v) is 0.312. The summed E-state index contributed by atoms with van der Waals surface area (Å²) < 4.78 is 0. The first-order valence-electron chi connectivity index (χ1n) is 3.04. The van der Waals surface area contributed by atoms with Crippen molar-refractivity contribution in [3.8, 4) is 11.8 Å². The van der Waals surface area contributed by atoms with Crippen LogP contribution < -0.4 is 5.73 Å². The van der Waals surface area contributed by atoms with Crippen LogP contribution in [0.4, 0.5) is 0 Å². The SMILES string of the molecule is CC(C)[C@H](N)C#CC(=O)O. The lowest BCUT2D eigenvalue weighted by atomic mass is 10.1. The van der Waals surface area contributed by atoms with Gasteiger partial charge < -0.3 is 10.8 Å². The number of rotatable bonds is 1. The van der Waals surface area contributed by atoms with E-state index in [-0.39, 0.29) is 12.0 Å². The molecule has 0 amide bonds. The van der Waals surface area contributed by atoms with Crippen LogP contribution >= 0.6 is 0 Å². The van der Waals surface area contributed by atoms with E-state index in [4.69, 9.17) is 10.8 Å². The quantitative estimate of drug-likeness (QED) is 0.507. The summed E-state index contributed by atoms with van der Waals surface area (Å²) in [6.07, 6.45) is 0. The van der Waals surface area contributed by atoms with Gasteiger partial charge in [0.05, 0.1) is 6.04 Å². The molecular weight excluding hydrogens is 130 g/mol. The van der Waals surface area contributed by atoms with Gasteiger partial charge in [-0.15, -0.1) is 0 Å². The fourth-order valence-electron chi connectivity index (χ4n) is 0.312. The van der Waals surface area contributed by atoms with Gasteiger partial charge in [0, 0.05) is 5.92 Å². The first-order chi connectivity index (χ1) is 4.54. The molecule has 0 aromatic carbocycles. The monoisotopic (exact) mass is 141 g/mol. The highest BCUT2D eigenvalue weighted by molar-refractivity contribution is 5.86. The zero-order valence-electron chi connectivity index (χ0n) is 6.09. The number of carbonyl (C=O) groups is 1. The smallest absolute Gasteiger partial charge is 0.381 e. The van der Waals surface area contributed by atoms with Gasteiger partial charge in [-0.1, -0.05) is 19.8 Å². The van der Waals surface area contributed by atoms with Crippen molar-refractivity contribution in [3.05, 3.63) is 0 Å². The van der Waals surface area contributed by atoms with Gasteiger partial charge in [0.2, 0.25) is 0 Å². The van der Waals surface area contributed by atoms with Gasteiger partial charge in [-0.05, 0) is 5.92 Å². The average molecular weight is 141 g/mol. The highest BCUT2D eigenvalue weighted by Gasteiger charge is 2.01. The molecule has 0 unspecified atom stereocenters. The molecule has 0 heterocycles. The van der Waals surface area contributed by atoms with Crippen LogP contribution in [0.5, 0.6) is 0 Å². The molecule has 0 bridgehead atoms. The summed E-state index contributed by atoms with van der Waals surface area (Å²) in [7, 11) is 0. The zero-order chi connectivity index (χ0) is 8.15. The van der Waals surface area contributed by atoms with Crippen molar-refractivity contribution in [3.63, 3.8) is 0 Å². The Morgan fingerprint density at radius 2 is 2.10 bits per heavy atom. The van der Waals surface area contributed by atoms with Crippen LogP contribution in [0.15, 0.2) is 0 Å². The van der Waals surface area contributed by atoms with E-state index in [1.807, 2.05) is 19.8 Å². The van der Waals surface area contributed by atoms with E-state index in [2.05, 4.69) is 5.92 Å². The minimum absolute atomic E-state index is 0.201. The number of aliphatic carboxylic acids is 1. The molecule has 0 aliphatic rings. The Balaban J connectivity index is 3.92. The van der Waals surface area contributed by atoms with Crippen molar-refractivity contribution in [2.24, 2.45) is 11.7 Å². The maximum atomic E-state index is 9.90.